The number of fused-ring (bicyclic) bond motifs is 1. The Morgan fingerprint density at radius 2 is 2.00 bits per heavy atom. The van der Waals surface area contributed by atoms with Crippen molar-refractivity contribution in [2.45, 2.75) is 78.7 Å². The number of rotatable bonds is 13. The zero-order valence-corrected chi connectivity index (χ0v) is 21.4. The molecule has 3 rings (SSSR count). The Morgan fingerprint density at radius 3 is 2.71 bits per heavy atom. The van der Waals surface area contributed by atoms with Crippen molar-refractivity contribution >= 4 is 17.6 Å². The third kappa shape index (κ3) is 6.64. The number of aromatic nitrogens is 2. The predicted molar refractivity (Wildman–Crippen MR) is 136 cm³/mol. The second-order valence-corrected chi connectivity index (χ2v) is 9.67. The summed E-state index contributed by atoms with van der Waals surface area (Å²) in [7, 11) is 2.02. The van der Waals surface area contributed by atoms with Gasteiger partial charge in [-0.25, -0.2) is 4.98 Å². The Bertz CT molecular complexity index is 977. The minimum Gasteiger partial charge on any atom is -0.494 e. The molecule has 6 nitrogen and oxygen atoms in total. The second-order valence-electron chi connectivity index (χ2n) is 9.67. The maximum absolute atomic E-state index is 12.1. The summed E-state index contributed by atoms with van der Waals surface area (Å²) in [4.78, 5) is 16.7. The topological polar surface area (TPSA) is 62.6 Å². The molecule has 0 radical (unpaired) electrons. The van der Waals surface area contributed by atoms with Crippen LogP contribution in [0.3, 0.4) is 0 Å². The van der Waals surface area contributed by atoms with Gasteiger partial charge in [0.15, 0.2) is 0 Å². The van der Waals surface area contributed by atoms with Gasteiger partial charge in [-0.2, -0.15) is 0 Å². The molecule has 2 aromatic rings. The average molecular weight is 469 g/mol. The van der Waals surface area contributed by atoms with Crippen LogP contribution >= 0.6 is 0 Å². The fourth-order valence-corrected chi connectivity index (χ4v) is 4.27. The molecule has 1 aliphatic heterocycles. The van der Waals surface area contributed by atoms with E-state index in [1.54, 1.807) is 0 Å². The molecule has 1 aromatic heterocycles. The van der Waals surface area contributed by atoms with E-state index in [2.05, 4.69) is 18.0 Å². The van der Waals surface area contributed by atoms with Gasteiger partial charge in [-0.05, 0) is 70.7 Å². The molecule has 0 amide bonds. The molecule has 6 heteroatoms. The van der Waals surface area contributed by atoms with Crippen LogP contribution in [0.5, 0.6) is 11.5 Å². The van der Waals surface area contributed by atoms with Gasteiger partial charge in [0.1, 0.15) is 23.4 Å². The standard InChI is InChI=1S/C28H40N2O4/c1-6-8-9-10-12-25-23(26-29-16-17-30(26)5)20-21-19-22(13-14-24(21)34-25)33-18-11-15-28(3,4)27(31)32-7-2/h13-14,16-17,19-20,25H,6-12,15,18H2,1-5H3. The third-order valence-electron chi connectivity index (χ3n) is 6.35. The summed E-state index contributed by atoms with van der Waals surface area (Å²) in [5, 5.41) is 0. The van der Waals surface area contributed by atoms with Crippen LogP contribution < -0.4 is 9.47 Å². The molecule has 0 N–H and O–H groups in total. The lowest BCUT2D eigenvalue weighted by Gasteiger charge is -2.27. The first-order valence-corrected chi connectivity index (χ1v) is 12.7. The number of carbonyl (C=O) groups is 1. The molecule has 0 aliphatic carbocycles. The highest BCUT2D eigenvalue weighted by atomic mass is 16.5. The first-order chi connectivity index (χ1) is 16.4. The summed E-state index contributed by atoms with van der Waals surface area (Å²) >= 11 is 0. The molecule has 34 heavy (non-hydrogen) atoms. The smallest absolute Gasteiger partial charge is 0.311 e. The number of benzene rings is 1. The van der Waals surface area contributed by atoms with E-state index in [-0.39, 0.29) is 12.1 Å². The molecule has 1 unspecified atom stereocenters. The highest BCUT2D eigenvalue weighted by Gasteiger charge is 2.29. The van der Waals surface area contributed by atoms with Crippen LogP contribution in [0.15, 0.2) is 30.6 Å². The number of unbranched alkanes of at least 4 members (excludes halogenated alkanes) is 3. The molecular formula is C28H40N2O4. The van der Waals surface area contributed by atoms with Gasteiger partial charge < -0.3 is 18.8 Å². The van der Waals surface area contributed by atoms with E-state index in [4.69, 9.17) is 14.2 Å². The number of hydrogen-bond acceptors (Lipinski definition) is 5. The maximum Gasteiger partial charge on any atom is 0.311 e. The number of hydrogen-bond donors (Lipinski definition) is 0. The van der Waals surface area contributed by atoms with Crippen molar-refractivity contribution in [2.24, 2.45) is 12.5 Å². The van der Waals surface area contributed by atoms with E-state index in [9.17, 15) is 4.79 Å². The summed E-state index contributed by atoms with van der Waals surface area (Å²) < 4.78 is 19.7. The highest BCUT2D eigenvalue weighted by molar-refractivity contribution is 5.85. The van der Waals surface area contributed by atoms with Crippen molar-refractivity contribution < 1.29 is 19.0 Å². The maximum atomic E-state index is 12.1. The average Bonchev–Trinajstić information content (AvgIpc) is 3.24. The number of carbonyl (C=O) groups excluding carboxylic acids is 1. The van der Waals surface area contributed by atoms with Gasteiger partial charge >= 0.3 is 5.97 Å². The second kappa shape index (κ2) is 12.1. The van der Waals surface area contributed by atoms with Gasteiger partial charge in [0.25, 0.3) is 0 Å². The Labute approximate surface area is 204 Å². The first-order valence-electron chi connectivity index (χ1n) is 12.7. The van der Waals surface area contributed by atoms with Crippen molar-refractivity contribution in [3.8, 4) is 11.5 Å². The lowest BCUT2D eigenvalue weighted by atomic mass is 9.88. The van der Waals surface area contributed by atoms with Crippen LogP contribution in [0.2, 0.25) is 0 Å². The van der Waals surface area contributed by atoms with E-state index in [1.807, 2.05) is 63.0 Å². The molecule has 0 bridgehead atoms. The van der Waals surface area contributed by atoms with Crippen LogP contribution in [-0.2, 0) is 16.6 Å². The molecule has 0 saturated carbocycles. The fraction of sp³-hybridized carbons (Fsp3) is 0.571. The molecule has 1 atom stereocenters. The molecule has 1 aromatic carbocycles. The summed E-state index contributed by atoms with van der Waals surface area (Å²) in [5.74, 6) is 2.47. The molecule has 0 spiro atoms. The van der Waals surface area contributed by atoms with Gasteiger partial charge in [0.2, 0.25) is 0 Å². The van der Waals surface area contributed by atoms with Crippen molar-refractivity contribution in [3.63, 3.8) is 0 Å². The van der Waals surface area contributed by atoms with E-state index >= 15 is 0 Å². The van der Waals surface area contributed by atoms with E-state index in [0.717, 1.165) is 47.7 Å². The van der Waals surface area contributed by atoms with Crippen molar-refractivity contribution in [2.75, 3.05) is 13.2 Å². The summed E-state index contributed by atoms with van der Waals surface area (Å²) in [6.07, 6.45) is 13.3. The zero-order chi connectivity index (χ0) is 24.6. The number of ether oxygens (including phenoxy) is 3. The Hall–Kier alpha value is -2.76. The molecule has 0 saturated heterocycles. The normalized spacial score (nSPS) is 15.3. The van der Waals surface area contributed by atoms with Gasteiger partial charge in [-0.15, -0.1) is 0 Å². The van der Waals surface area contributed by atoms with Gasteiger partial charge in [0, 0.05) is 30.6 Å². The molecule has 1 aliphatic rings. The van der Waals surface area contributed by atoms with Gasteiger partial charge in [0.05, 0.1) is 18.6 Å². The van der Waals surface area contributed by atoms with Crippen molar-refractivity contribution in [1.29, 1.82) is 0 Å². The Kier molecular flexibility index (Phi) is 9.20. The highest BCUT2D eigenvalue weighted by Crippen LogP contribution is 2.37. The van der Waals surface area contributed by atoms with Gasteiger partial charge in [-0.1, -0.05) is 26.2 Å². The Morgan fingerprint density at radius 1 is 1.18 bits per heavy atom. The molecular weight excluding hydrogens is 428 g/mol. The van der Waals surface area contributed by atoms with Crippen molar-refractivity contribution in [3.05, 3.63) is 42.0 Å². The van der Waals surface area contributed by atoms with Gasteiger partial charge in [-0.3, -0.25) is 4.79 Å². The van der Waals surface area contributed by atoms with E-state index in [1.165, 1.54) is 19.3 Å². The lowest BCUT2D eigenvalue weighted by molar-refractivity contribution is -0.153. The molecule has 186 valence electrons. The summed E-state index contributed by atoms with van der Waals surface area (Å²) in [6, 6.07) is 5.99. The largest absolute Gasteiger partial charge is 0.494 e. The SMILES string of the molecule is CCCCCCC1Oc2ccc(OCCCC(C)(C)C(=O)OCC)cc2C=C1c1nccn1C. The van der Waals surface area contributed by atoms with E-state index in [0.29, 0.717) is 19.6 Å². The van der Waals surface area contributed by atoms with Crippen molar-refractivity contribution in [1.82, 2.24) is 9.55 Å². The van der Waals surface area contributed by atoms with E-state index < -0.39 is 5.41 Å². The number of imidazole rings is 1. The number of esters is 1. The van der Waals surface area contributed by atoms with Crippen LogP contribution in [0, 0.1) is 5.41 Å². The monoisotopic (exact) mass is 468 g/mol. The molecule has 2 heterocycles. The minimum absolute atomic E-state index is 0.00216. The Balaban J connectivity index is 1.67. The van der Waals surface area contributed by atoms with Crippen LogP contribution in [0.4, 0.5) is 0 Å². The zero-order valence-electron chi connectivity index (χ0n) is 21.4. The van der Waals surface area contributed by atoms with Crippen LogP contribution in [0.25, 0.3) is 11.6 Å². The number of nitrogens with zero attached hydrogens (tertiary/aromatic N) is 2. The molecule has 0 fully saturated rings. The fourth-order valence-electron chi connectivity index (χ4n) is 4.27. The van der Waals surface area contributed by atoms with Crippen LogP contribution in [0.1, 0.15) is 84.0 Å². The summed E-state index contributed by atoms with van der Waals surface area (Å²) in [6.45, 7) is 8.85. The predicted octanol–water partition coefficient (Wildman–Crippen LogP) is 6.44. The summed E-state index contributed by atoms with van der Waals surface area (Å²) in [5.41, 5.74) is 1.62. The third-order valence-corrected chi connectivity index (χ3v) is 6.35. The lowest BCUT2D eigenvalue weighted by Crippen LogP contribution is -2.27. The first kappa shape index (κ1) is 25.9. The number of aryl methyl sites for hydroxylation is 1. The van der Waals surface area contributed by atoms with Crippen LogP contribution in [-0.4, -0.2) is 34.8 Å². The quantitative estimate of drug-likeness (QED) is 0.250. The minimum atomic E-state index is -0.505.